The van der Waals surface area contributed by atoms with Gasteiger partial charge in [0.2, 0.25) is 0 Å². The van der Waals surface area contributed by atoms with Crippen LogP contribution in [0.1, 0.15) is 25.3 Å². The Labute approximate surface area is 189 Å². The van der Waals surface area contributed by atoms with Crippen LogP contribution < -0.4 is 5.32 Å². The van der Waals surface area contributed by atoms with Gasteiger partial charge < -0.3 is 9.88 Å². The number of hydrogen-bond donors (Lipinski definition) is 1. The summed E-state index contributed by atoms with van der Waals surface area (Å²) in [6, 6.07) is 24.5. The molecule has 2 aromatic heterocycles. The SMILES string of the molecule is C[C@@H]1[C@H](Nc2ccc(-c3ccc4c(ccn4Cc4ccccc4)c3)nn2)C2CCN1CC2. The second-order valence-electron chi connectivity index (χ2n) is 9.29. The Kier molecular flexibility index (Phi) is 4.91. The molecule has 0 saturated carbocycles. The zero-order valence-corrected chi connectivity index (χ0v) is 18.5. The summed E-state index contributed by atoms with van der Waals surface area (Å²) in [7, 11) is 0. The Morgan fingerprint density at radius 1 is 0.938 bits per heavy atom. The molecule has 0 aliphatic carbocycles. The van der Waals surface area contributed by atoms with E-state index in [4.69, 9.17) is 0 Å². The highest BCUT2D eigenvalue weighted by atomic mass is 15.2. The van der Waals surface area contributed by atoms with E-state index in [0.717, 1.165) is 29.5 Å². The van der Waals surface area contributed by atoms with E-state index in [9.17, 15) is 0 Å². The third kappa shape index (κ3) is 3.56. The van der Waals surface area contributed by atoms with Crippen molar-refractivity contribution >= 4 is 16.7 Å². The number of nitrogens with zero attached hydrogens (tertiary/aromatic N) is 4. The predicted molar refractivity (Wildman–Crippen MR) is 130 cm³/mol. The van der Waals surface area contributed by atoms with Crippen LogP contribution in [0.5, 0.6) is 0 Å². The fourth-order valence-corrected chi connectivity index (χ4v) is 5.56. The number of fused-ring (bicyclic) bond motifs is 4. The molecule has 1 N–H and O–H groups in total. The molecule has 0 unspecified atom stereocenters. The molecule has 2 atom stereocenters. The van der Waals surface area contributed by atoms with E-state index in [1.165, 1.54) is 42.4 Å². The van der Waals surface area contributed by atoms with Gasteiger partial charge in [-0.05, 0) is 74.7 Å². The molecular formula is C27H29N5. The first-order valence-corrected chi connectivity index (χ1v) is 11.7. The summed E-state index contributed by atoms with van der Waals surface area (Å²) in [6.45, 7) is 5.69. The van der Waals surface area contributed by atoms with Crippen LogP contribution in [-0.4, -0.2) is 44.8 Å². The standard InChI is InChI=1S/C27H29N5/c1-19-27(21-11-14-31(19)15-12-21)28-26-10-8-24(29-30-26)22-7-9-25-23(17-22)13-16-32(25)18-20-5-3-2-4-6-20/h2-10,13,16-17,19,21,27H,11-12,14-15,18H2,1H3,(H,28,30)/t19-,27+/m1/s1. The minimum Gasteiger partial charge on any atom is -0.364 e. The fraction of sp³-hybridized carbons (Fsp3) is 0.333. The molecule has 3 aliphatic heterocycles. The van der Waals surface area contributed by atoms with Crippen molar-refractivity contribution in [1.29, 1.82) is 0 Å². The predicted octanol–water partition coefficient (Wildman–Crippen LogP) is 5.04. The van der Waals surface area contributed by atoms with Gasteiger partial charge in [-0.2, -0.15) is 0 Å². The molecule has 4 aromatic rings. The molecule has 0 amide bonds. The Hall–Kier alpha value is -3.18. The van der Waals surface area contributed by atoms with Gasteiger partial charge in [0.05, 0.1) is 5.69 Å². The average molecular weight is 424 g/mol. The normalized spacial score (nSPS) is 24.7. The Morgan fingerprint density at radius 2 is 1.78 bits per heavy atom. The van der Waals surface area contributed by atoms with Crippen molar-refractivity contribution < 1.29 is 0 Å². The molecule has 3 aliphatic rings. The molecule has 2 aromatic carbocycles. The van der Waals surface area contributed by atoms with Crippen LogP contribution in [0.2, 0.25) is 0 Å². The summed E-state index contributed by atoms with van der Waals surface area (Å²) < 4.78 is 2.29. The van der Waals surface area contributed by atoms with Crippen molar-refractivity contribution in [3.8, 4) is 11.3 Å². The van der Waals surface area contributed by atoms with Gasteiger partial charge in [0.25, 0.3) is 0 Å². The second kappa shape index (κ2) is 8.06. The number of benzene rings is 2. The van der Waals surface area contributed by atoms with Crippen LogP contribution in [-0.2, 0) is 6.54 Å². The summed E-state index contributed by atoms with van der Waals surface area (Å²) in [5.41, 5.74) is 4.56. The summed E-state index contributed by atoms with van der Waals surface area (Å²) in [5.74, 6) is 1.63. The first-order valence-electron chi connectivity index (χ1n) is 11.7. The van der Waals surface area contributed by atoms with Crippen LogP contribution in [0.25, 0.3) is 22.2 Å². The van der Waals surface area contributed by atoms with Gasteiger partial charge >= 0.3 is 0 Å². The van der Waals surface area contributed by atoms with E-state index in [2.05, 4.69) is 105 Å². The highest BCUT2D eigenvalue weighted by molar-refractivity contribution is 5.85. The summed E-state index contributed by atoms with van der Waals surface area (Å²) in [5, 5.41) is 14.0. The maximum atomic E-state index is 4.55. The van der Waals surface area contributed by atoms with Crippen molar-refractivity contribution in [2.75, 3.05) is 18.4 Å². The second-order valence-corrected chi connectivity index (χ2v) is 9.29. The van der Waals surface area contributed by atoms with E-state index in [1.54, 1.807) is 0 Å². The first kappa shape index (κ1) is 19.5. The Morgan fingerprint density at radius 3 is 2.53 bits per heavy atom. The summed E-state index contributed by atoms with van der Waals surface area (Å²) >= 11 is 0. The lowest BCUT2D eigenvalue weighted by atomic mass is 9.79. The summed E-state index contributed by atoms with van der Waals surface area (Å²) in [6.07, 6.45) is 4.74. The highest BCUT2D eigenvalue weighted by Crippen LogP contribution is 2.34. The van der Waals surface area contributed by atoms with Crippen LogP contribution in [0.3, 0.4) is 0 Å². The molecular weight excluding hydrogens is 394 g/mol. The Balaban J connectivity index is 1.20. The van der Waals surface area contributed by atoms with Crippen molar-refractivity contribution in [2.24, 2.45) is 5.92 Å². The molecule has 5 heterocycles. The lowest BCUT2D eigenvalue weighted by molar-refractivity contribution is 0.0457. The minimum atomic E-state index is 0.471. The van der Waals surface area contributed by atoms with Crippen molar-refractivity contribution in [1.82, 2.24) is 19.7 Å². The quantitative estimate of drug-likeness (QED) is 0.488. The molecule has 162 valence electrons. The van der Waals surface area contributed by atoms with Crippen molar-refractivity contribution in [3.63, 3.8) is 0 Å². The smallest absolute Gasteiger partial charge is 0.148 e. The largest absolute Gasteiger partial charge is 0.364 e. The van der Waals surface area contributed by atoms with E-state index in [-0.39, 0.29) is 0 Å². The molecule has 32 heavy (non-hydrogen) atoms. The van der Waals surface area contributed by atoms with Gasteiger partial charge in [-0.1, -0.05) is 36.4 Å². The third-order valence-corrected chi connectivity index (χ3v) is 7.42. The highest BCUT2D eigenvalue weighted by Gasteiger charge is 2.39. The summed E-state index contributed by atoms with van der Waals surface area (Å²) in [4.78, 5) is 2.60. The third-order valence-electron chi connectivity index (χ3n) is 7.42. The van der Waals surface area contributed by atoms with Crippen LogP contribution >= 0.6 is 0 Å². The molecule has 2 bridgehead atoms. The number of nitrogens with one attached hydrogen (secondary N) is 1. The number of hydrogen-bond acceptors (Lipinski definition) is 4. The Bertz CT molecular complexity index is 1200. The van der Waals surface area contributed by atoms with E-state index in [0.29, 0.717) is 12.1 Å². The zero-order valence-electron chi connectivity index (χ0n) is 18.5. The van der Waals surface area contributed by atoms with Gasteiger partial charge in [0.1, 0.15) is 5.82 Å². The molecule has 5 heteroatoms. The zero-order chi connectivity index (χ0) is 21.5. The number of piperidine rings is 3. The van der Waals surface area contributed by atoms with E-state index in [1.807, 2.05) is 0 Å². The number of aromatic nitrogens is 3. The first-order chi connectivity index (χ1) is 15.7. The number of rotatable bonds is 5. The monoisotopic (exact) mass is 423 g/mol. The van der Waals surface area contributed by atoms with Gasteiger partial charge in [0, 0.05) is 41.3 Å². The fourth-order valence-electron chi connectivity index (χ4n) is 5.56. The van der Waals surface area contributed by atoms with Crippen LogP contribution in [0.4, 0.5) is 5.82 Å². The van der Waals surface area contributed by atoms with Crippen LogP contribution in [0, 0.1) is 5.92 Å². The molecule has 3 fully saturated rings. The minimum absolute atomic E-state index is 0.471. The van der Waals surface area contributed by atoms with Gasteiger partial charge in [-0.25, -0.2) is 0 Å². The maximum Gasteiger partial charge on any atom is 0.148 e. The molecule has 5 nitrogen and oxygen atoms in total. The van der Waals surface area contributed by atoms with Gasteiger partial charge in [0.15, 0.2) is 0 Å². The lowest BCUT2D eigenvalue weighted by Gasteiger charge is -2.50. The van der Waals surface area contributed by atoms with Crippen molar-refractivity contribution in [3.05, 3.63) is 78.5 Å². The van der Waals surface area contributed by atoms with Gasteiger partial charge in [-0.3, -0.25) is 4.90 Å². The molecule has 3 saturated heterocycles. The van der Waals surface area contributed by atoms with Crippen molar-refractivity contribution in [2.45, 2.75) is 38.4 Å². The lowest BCUT2D eigenvalue weighted by Crippen LogP contribution is -2.59. The average Bonchev–Trinajstić information content (AvgIpc) is 3.24. The number of anilines is 1. The van der Waals surface area contributed by atoms with E-state index < -0.39 is 0 Å². The molecule has 7 rings (SSSR count). The molecule has 0 spiro atoms. The van der Waals surface area contributed by atoms with Gasteiger partial charge in [-0.15, -0.1) is 10.2 Å². The maximum absolute atomic E-state index is 4.55. The van der Waals surface area contributed by atoms with Crippen LogP contribution in [0.15, 0.2) is 72.9 Å². The molecule has 0 radical (unpaired) electrons. The topological polar surface area (TPSA) is 46.0 Å². The van der Waals surface area contributed by atoms with E-state index >= 15 is 0 Å².